The van der Waals surface area contributed by atoms with Crippen LogP contribution in [0.15, 0.2) is 0 Å². The topological polar surface area (TPSA) is 54.4 Å². The quantitative estimate of drug-likeness (QED) is 0.370. The largest absolute Gasteiger partial charge is 0.335 e. The fraction of sp³-hybridized carbons (Fsp3) is 0.857. The second-order valence-electron chi connectivity index (χ2n) is 4.69. The van der Waals surface area contributed by atoms with Crippen molar-refractivity contribution in [1.82, 2.24) is 0 Å². The number of hydrogen-bond acceptors (Lipinski definition) is 2. The molecule has 0 rings (SSSR count). The highest BCUT2D eigenvalue weighted by atomic mass is 32.2. The van der Waals surface area contributed by atoms with E-state index in [1.165, 1.54) is 51.4 Å². The van der Waals surface area contributed by atoms with Gasteiger partial charge in [0.05, 0.1) is 5.25 Å². The molecule has 3 nitrogen and oxygen atoms in total. The van der Waals surface area contributed by atoms with Crippen LogP contribution in [0.2, 0.25) is 0 Å². The second kappa shape index (κ2) is 11.6. The molecule has 0 heterocycles. The molecule has 0 atom stereocenters. The summed E-state index contributed by atoms with van der Waals surface area (Å²) in [7, 11) is -4.10. The Labute approximate surface area is 112 Å². The van der Waals surface area contributed by atoms with Gasteiger partial charge in [0.2, 0.25) is 0 Å². The standard InChI is InChI=1S/C14H26O3S/c1-2-3-4-5-6-7-8-9-10-11-12-13-14-18(15,16)17/h2-12H2,1H3,(H,15,16,17). The minimum Gasteiger partial charge on any atom is -0.276 e. The van der Waals surface area contributed by atoms with Crippen molar-refractivity contribution in [2.75, 3.05) is 0 Å². The van der Waals surface area contributed by atoms with Gasteiger partial charge in [0.15, 0.2) is 0 Å². The summed E-state index contributed by atoms with van der Waals surface area (Å²) in [5.74, 6) is 2.46. The van der Waals surface area contributed by atoms with Gasteiger partial charge in [0.1, 0.15) is 0 Å². The number of hydrogen-bond donors (Lipinski definition) is 1. The first kappa shape index (κ1) is 17.5. The summed E-state index contributed by atoms with van der Waals surface area (Å²) in [5.41, 5.74) is 0. The predicted molar refractivity (Wildman–Crippen MR) is 75.8 cm³/mol. The van der Waals surface area contributed by atoms with E-state index in [-0.39, 0.29) is 0 Å². The van der Waals surface area contributed by atoms with E-state index in [2.05, 4.69) is 12.8 Å². The van der Waals surface area contributed by atoms with Crippen LogP contribution < -0.4 is 0 Å². The average Bonchev–Trinajstić information content (AvgIpc) is 2.29. The molecule has 0 amide bonds. The molecule has 0 unspecified atom stereocenters. The summed E-state index contributed by atoms with van der Waals surface area (Å²) in [6.45, 7) is 2.23. The van der Waals surface area contributed by atoms with E-state index in [0.29, 0.717) is 6.42 Å². The zero-order valence-corrected chi connectivity index (χ0v) is 12.3. The smallest absolute Gasteiger partial charge is 0.276 e. The van der Waals surface area contributed by atoms with E-state index < -0.39 is 10.1 Å². The fourth-order valence-corrected chi connectivity index (χ4v) is 2.13. The lowest BCUT2D eigenvalue weighted by Gasteiger charge is -2.00. The second-order valence-corrected chi connectivity index (χ2v) is 5.84. The first-order valence-electron chi connectivity index (χ1n) is 7.03. The summed E-state index contributed by atoms with van der Waals surface area (Å²) >= 11 is 0. The highest BCUT2D eigenvalue weighted by Gasteiger charge is 1.94. The van der Waals surface area contributed by atoms with Gasteiger partial charge in [-0.1, -0.05) is 70.6 Å². The van der Waals surface area contributed by atoms with Gasteiger partial charge in [-0.2, -0.15) is 8.42 Å². The van der Waals surface area contributed by atoms with E-state index in [9.17, 15) is 8.42 Å². The SMILES string of the molecule is CCCCCCCCCCCCC#CS(=O)(=O)O. The van der Waals surface area contributed by atoms with E-state index in [4.69, 9.17) is 4.55 Å². The Bertz CT molecular complexity index is 336. The molecule has 1 N–H and O–H groups in total. The van der Waals surface area contributed by atoms with E-state index >= 15 is 0 Å². The normalized spacial score (nSPS) is 11.0. The van der Waals surface area contributed by atoms with Crippen LogP contribution in [0.3, 0.4) is 0 Å². The first-order chi connectivity index (χ1) is 8.56. The van der Waals surface area contributed by atoms with Crippen LogP contribution in [0.25, 0.3) is 0 Å². The molecule has 0 spiro atoms. The van der Waals surface area contributed by atoms with E-state index in [0.717, 1.165) is 12.8 Å². The van der Waals surface area contributed by atoms with Crippen LogP contribution in [-0.2, 0) is 10.1 Å². The Morgan fingerprint density at radius 1 is 0.833 bits per heavy atom. The van der Waals surface area contributed by atoms with Gasteiger partial charge in [-0.25, -0.2) is 0 Å². The monoisotopic (exact) mass is 274 g/mol. The molecule has 0 aliphatic carbocycles. The molecule has 0 aromatic rings. The summed E-state index contributed by atoms with van der Waals surface area (Å²) in [6, 6.07) is 0. The average molecular weight is 274 g/mol. The van der Waals surface area contributed by atoms with Crippen LogP contribution in [0.4, 0.5) is 0 Å². The van der Waals surface area contributed by atoms with Gasteiger partial charge < -0.3 is 0 Å². The van der Waals surface area contributed by atoms with Gasteiger partial charge in [-0.3, -0.25) is 4.55 Å². The molecule has 0 saturated heterocycles. The van der Waals surface area contributed by atoms with Crippen molar-refractivity contribution in [3.63, 3.8) is 0 Å². The molecular weight excluding hydrogens is 248 g/mol. The highest BCUT2D eigenvalue weighted by Crippen LogP contribution is 2.10. The summed E-state index contributed by atoms with van der Waals surface area (Å²) in [5, 5.41) is 1.83. The maximum atomic E-state index is 10.3. The maximum absolute atomic E-state index is 10.3. The molecule has 0 saturated carbocycles. The third-order valence-corrected chi connectivity index (χ3v) is 3.26. The molecular formula is C14H26O3S. The van der Waals surface area contributed by atoms with Crippen molar-refractivity contribution in [3.05, 3.63) is 0 Å². The van der Waals surface area contributed by atoms with Crippen LogP contribution in [0.5, 0.6) is 0 Å². The molecule has 4 heteroatoms. The maximum Gasteiger partial charge on any atom is 0.335 e. The molecule has 0 aromatic heterocycles. The van der Waals surface area contributed by atoms with E-state index in [1.807, 2.05) is 5.25 Å². The Balaban J connectivity index is 3.19. The first-order valence-corrected chi connectivity index (χ1v) is 8.47. The fourth-order valence-electron chi connectivity index (χ4n) is 1.84. The molecule has 0 aliphatic rings. The molecule has 106 valence electrons. The van der Waals surface area contributed by atoms with Crippen molar-refractivity contribution in [3.8, 4) is 11.2 Å². The number of rotatable bonds is 10. The zero-order valence-electron chi connectivity index (χ0n) is 11.5. The summed E-state index contributed by atoms with van der Waals surface area (Å²) in [6.07, 6.45) is 13.0. The Hall–Kier alpha value is -0.530. The molecule has 0 fully saturated rings. The number of unbranched alkanes of at least 4 members (excludes halogenated alkanes) is 10. The molecule has 0 bridgehead atoms. The summed E-state index contributed by atoms with van der Waals surface area (Å²) < 4.78 is 29.0. The third-order valence-electron chi connectivity index (χ3n) is 2.86. The lowest BCUT2D eigenvalue weighted by Crippen LogP contribution is -1.89. The van der Waals surface area contributed by atoms with E-state index in [1.54, 1.807) is 0 Å². The molecule has 18 heavy (non-hydrogen) atoms. The predicted octanol–water partition coefficient (Wildman–Crippen LogP) is 4.15. The van der Waals surface area contributed by atoms with Crippen LogP contribution in [0.1, 0.15) is 77.6 Å². The zero-order chi connectivity index (χ0) is 13.7. The lowest BCUT2D eigenvalue weighted by molar-refractivity contribution is 0.496. The van der Waals surface area contributed by atoms with Crippen molar-refractivity contribution in [1.29, 1.82) is 0 Å². The van der Waals surface area contributed by atoms with Gasteiger partial charge in [0, 0.05) is 6.42 Å². The van der Waals surface area contributed by atoms with Crippen LogP contribution in [-0.4, -0.2) is 13.0 Å². The van der Waals surface area contributed by atoms with Crippen molar-refractivity contribution in [2.24, 2.45) is 0 Å². The Kier molecular flexibility index (Phi) is 11.2. The van der Waals surface area contributed by atoms with Gasteiger partial charge >= 0.3 is 10.1 Å². The minimum atomic E-state index is -4.10. The van der Waals surface area contributed by atoms with Crippen LogP contribution >= 0.6 is 0 Å². The van der Waals surface area contributed by atoms with Gasteiger partial charge in [-0.15, -0.1) is 0 Å². The summed E-state index contributed by atoms with van der Waals surface area (Å²) in [4.78, 5) is 0. The Morgan fingerprint density at radius 2 is 1.28 bits per heavy atom. The highest BCUT2D eigenvalue weighted by molar-refractivity contribution is 7.90. The van der Waals surface area contributed by atoms with Crippen molar-refractivity contribution < 1.29 is 13.0 Å². The Morgan fingerprint density at radius 3 is 1.72 bits per heavy atom. The van der Waals surface area contributed by atoms with Crippen molar-refractivity contribution >= 4 is 10.1 Å². The molecule has 0 aromatic carbocycles. The third kappa shape index (κ3) is 15.5. The van der Waals surface area contributed by atoms with Gasteiger partial charge in [-0.05, 0) is 6.42 Å². The van der Waals surface area contributed by atoms with Gasteiger partial charge in [0.25, 0.3) is 0 Å². The minimum absolute atomic E-state index is 0.552. The van der Waals surface area contributed by atoms with Crippen LogP contribution in [0, 0.1) is 11.2 Å². The molecule has 0 radical (unpaired) electrons. The lowest BCUT2D eigenvalue weighted by atomic mass is 10.1. The molecule has 0 aliphatic heterocycles. The van der Waals surface area contributed by atoms with Crippen molar-refractivity contribution in [2.45, 2.75) is 77.6 Å².